The largest absolute Gasteiger partial charge is 0.207 e. The van der Waals surface area contributed by atoms with Crippen molar-refractivity contribution in [1.82, 2.24) is 0 Å². The Morgan fingerprint density at radius 2 is 1.71 bits per heavy atom. The van der Waals surface area contributed by atoms with Crippen LogP contribution in [0.25, 0.3) is 0 Å². The first-order valence-corrected chi connectivity index (χ1v) is 5.34. The zero-order valence-corrected chi connectivity index (χ0v) is 9.45. The Balaban J connectivity index is 3.06. The summed E-state index contributed by atoms with van der Waals surface area (Å²) in [7, 11) is 1.36. The van der Waals surface area contributed by atoms with Crippen LogP contribution in [0.1, 0.15) is 52.4 Å². The van der Waals surface area contributed by atoms with Crippen LogP contribution in [-0.4, -0.2) is 13.2 Å². The van der Waals surface area contributed by atoms with Gasteiger partial charge in [-0.3, -0.25) is 0 Å². The smallest absolute Gasteiger partial charge is 0.0934 e. The van der Waals surface area contributed by atoms with Gasteiger partial charge in [0, 0.05) is 0 Å². The van der Waals surface area contributed by atoms with Crippen molar-refractivity contribution in [3.05, 3.63) is 0 Å². The lowest BCUT2D eigenvalue weighted by Crippen LogP contribution is -2.08. The van der Waals surface area contributed by atoms with Gasteiger partial charge in [0.15, 0.2) is 0 Å². The first-order valence-electron chi connectivity index (χ1n) is 5.34. The van der Waals surface area contributed by atoms with Crippen molar-refractivity contribution in [3.8, 4) is 0 Å². The molecule has 0 spiro atoms. The quantitative estimate of drug-likeness (QED) is 0.312. The summed E-state index contributed by atoms with van der Waals surface area (Å²) in [6.45, 7) is 4.15. The van der Waals surface area contributed by atoms with Gasteiger partial charge < -0.3 is 0 Å². The third-order valence-corrected chi connectivity index (χ3v) is 2.01. The molecule has 0 aromatic carbocycles. The summed E-state index contributed by atoms with van der Waals surface area (Å²) in [5.74, 6) is 0. The lowest BCUT2D eigenvalue weighted by Gasteiger charge is -2.08. The van der Waals surface area contributed by atoms with E-state index in [0.717, 1.165) is 12.8 Å². The van der Waals surface area contributed by atoms with Gasteiger partial charge in [0.1, 0.15) is 0 Å². The van der Waals surface area contributed by atoms with Gasteiger partial charge in [-0.25, -0.2) is 9.78 Å². The molecule has 14 heavy (non-hydrogen) atoms. The second-order valence-corrected chi connectivity index (χ2v) is 3.41. The van der Waals surface area contributed by atoms with E-state index in [-0.39, 0.29) is 6.10 Å². The molecule has 0 aromatic heterocycles. The first kappa shape index (κ1) is 13.8. The Morgan fingerprint density at radius 1 is 1.00 bits per heavy atom. The average molecular weight is 206 g/mol. The molecule has 0 aromatic rings. The van der Waals surface area contributed by atoms with Gasteiger partial charge in [-0.15, -0.1) is 0 Å². The molecule has 0 radical (unpaired) electrons. The Labute approximate surface area is 86.3 Å². The molecule has 4 nitrogen and oxygen atoms in total. The molecule has 0 saturated heterocycles. The lowest BCUT2D eigenvalue weighted by molar-refractivity contribution is -0.636. The van der Waals surface area contributed by atoms with Crippen molar-refractivity contribution >= 4 is 0 Å². The molecule has 0 bridgehead atoms. The number of unbranched alkanes of at least 4 members (excludes halogenated alkanes) is 4. The second kappa shape index (κ2) is 10.9. The van der Waals surface area contributed by atoms with Crippen LogP contribution in [0.2, 0.25) is 0 Å². The lowest BCUT2D eigenvalue weighted by atomic mass is 10.1. The summed E-state index contributed by atoms with van der Waals surface area (Å²) in [5.41, 5.74) is 0. The Bertz CT molecular complexity index is 108. The maximum Gasteiger partial charge on any atom is 0.0934 e. The molecule has 86 valence electrons. The highest BCUT2D eigenvalue weighted by molar-refractivity contribution is 4.49. The van der Waals surface area contributed by atoms with Crippen molar-refractivity contribution < 1.29 is 19.9 Å². The van der Waals surface area contributed by atoms with Gasteiger partial charge >= 0.3 is 0 Å². The van der Waals surface area contributed by atoms with E-state index >= 15 is 0 Å². The minimum atomic E-state index is 0.0479. The standard InChI is InChI=1S/C10H22O4/c1-4-5-6-7-8-9-10(2)12-14-13-11-3/h10H,4-9H2,1-3H3. The average Bonchev–Trinajstić information content (AvgIpc) is 2.18. The maximum absolute atomic E-state index is 4.84. The molecule has 0 heterocycles. The van der Waals surface area contributed by atoms with Crippen molar-refractivity contribution in [3.63, 3.8) is 0 Å². The van der Waals surface area contributed by atoms with Gasteiger partial charge in [-0.05, 0) is 23.4 Å². The van der Waals surface area contributed by atoms with Crippen molar-refractivity contribution in [2.75, 3.05) is 7.11 Å². The Hall–Kier alpha value is -0.160. The Kier molecular flexibility index (Phi) is 10.8. The molecule has 0 saturated carbocycles. The van der Waals surface area contributed by atoms with Crippen LogP contribution in [0.15, 0.2) is 0 Å². The summed E-state index contributed by atoms with van der Waals surface area (Å²) in [6, 6.07) is 0. The third kappa shape index (κ3) is 9.92. The van der Waals surface area contributed by atoms with Crippen molar-refractivity contribution in [2.24, 2.45) is 0 Å². The van der Waals surface area contributed by atoms with Gasteiger partial charge in [-0.2, -0.15) is 0 Å². The first-order chi connectivity index (χ1) is 6.81. The van der Waals surface area contributed by atoms with E-state index in [1.807, 2.05) is 6.92 Å². The molecular weight excluding hydrogens is 184 g/mol. The van der Waals surface area contributed by atoms with E-state index in [2.05, 4.69) is 21.9 Å². The topological polar surface area (TPSA) is 36.9 Å². The van der Waals surface area contributed by atoms with Crippen molar-refractivity contribution in [2.45, 2.75) is 58.5 Å². The molecule has 4 heteroatoms. The number of hydrogen-bond acceptors (Lipinski definition) is 4. The summed E-state index contributed by atoms with van der Waals surface area (Å²) >= 11 is 0. The molecule has 0 aliphatic heterocycles. The molecule has 0 N–H and O–H groups in total. The minimum absolute atomic E-state index is 0.0479. The second-order valence-electron chi connectivity index (χ2n) is 3.41. The van der Waals surface area contributed by atoms with Crippen LogP contribution >= 0.6 is 0 Å². The van der Waals surface area contributed by atoms with E-state index in [1.165, 1.54) is 32.8 Å². The SMILES string of the molecule is CCCCCCCC(C)OOOOC. The Morgan fingerprint density at radius 3 is 2.36 bits per heavy atom. The minimum Gasteiger partial charge on any atom is -0.207 e. The molecule has 0 rings (SSSR count). The molecule has 0 fully saturated rings. The highest BCUT2D eigenvalue weighted by Crippen LogP contribution is 2.09. The van der Waals surface area contributed by atoms with E-state index in [1.54, 1.807) is 0 Å². The van der Waals surface area contributed by atoms with Crippen LogP contribution in [0.3, 0.4) is 0 Å². The zero-order valence-electron chi connectivity index (χ0n) is 9.45. The van der Waals surface area contributed by atoms with Crippen LogP contribution in [0, 0.1) is 0 Å². The normalized spacial score (nSPS) is 13.1. The molecule has 1 unspecified atom stereocenters. The van der Waals surface area contributed by atoms with Crippen LogP contribution in [0.5, 0.6) is 0 Å². The van der Waals surface area contributed by atoms with Crippen LogP contribution in [0.4, 0.5) is 0 Å². The predicted molar refractivity (Wildman–Crippen MR) is 53.1 cm³/mol. The van der Waals surface area contributed by atoms with Crippen LogP contribution < -0.4 is 0 Å². The number of rotatable bonds is 10. The molecule has 0 amide bonds. The summed E-state index contributed by atoms with van der Waals surface area (Å²) in [4.78, 5) is 9.04. The van der Waals surface area contributed by atoms with Crippen LogP contribution in [-0.2, 0) is 19.9 Å². The summed E-state index contributed by atoms with van der Waals surface area (Å²) in [5, 5.41) is 8.43. The highest BCUT2D eigenvalue weighted by atomic mass is 17.7. The van der Waals surface area contributed by atoms with Crippen molar-refractivity contribution in [1.29, 1.82) is 0 Å². The molecular formula is C10H22O4. The molecule has 0 aliphatic carbocycles. The van der Waals surface area contributed by atoms with Gasteiger partial charge in [0.25, 0.3) is 0 Å². The van der Waals surface area contributed by atoms with Gasteiger partial charge in [0.05, 0.1) is 13.2 Å². The monoisotopic (exact) mass is 206 g/mol. The summed E-state index contributed by atoms with van der Waals surface area (Å²) < 4.78 is 0. The van der Waals surface area contributed by atoms with E-state index in [9.17, 15) is 0 Å². The van der Waals surface area contributed by atoms with Gasteiger partial charge in [-0.1, -0.05) is 39.0 Å². The van der Waals surface area contributed by atoms with E-state index < -0.39 is 0 Å². The zero-order chi connectivity index (χ0) is 10.6. The van der Waals surface area contributed by atoms with Gasteiger partial charge in [0.2, 0.25) is 0 Å². The highest BCUT2D eigenvalue weighted by Gasteiger charge is 2.03. The number of hydrogen-bond donors (Lipinski definition) is 0. The van der Waals surface area contributed by atoms with E-state index in [0.29, 0.717) is 0 Å². The third-order valence-electron chi connectivity index (χ3n) is 2.01. The molecule has 1 atom stereocenters. The fraction of sp³-hybridized carbons (Fsp3) is 1.00. The predicted octanol–water partition coefficient (Wildman–Crippen LogP) is 3.18. The fourth-order valence-electron chi connectivity index (χ4n) is 1.19. The van der Waals surface area contributed by atoms with E-state index in [4.69, 9.17) is 4.89 Å². The molecule has 0 aliphatic rings. The maximum atomic E-state index is 4.84. The fourth-order valence-corrected chi connectivity index (χ4v) is 1.19. The summed E-state index contributed by atoms with van der Waals surface area (Å²) in [6.07, 6.45) is 7.35.